The van der Waals surface area contributed by atoms with E-state index >= 15 is 0 Å². The molecule has 0 spiro atoms. The van der Waals surface area contributed by atoms with E-state index in [1.807, 2.05) is 6.92 Å². The summed E-state index contributed by atoms with van der Waals surface area (Å²) < 4.78 is 0. The summed E-state index contributed by atoms with van der Waals surface area (Å²) in [6.07, 6.45) is 0. The number of nitrogens with zero attached hydrogens (tertiary/aromatic N) is 2. The molecule has 1 aromatic rings. The highest BCUT2D eigenvalue weighted by atomic mass is 16.5. The smallest absolute Gasteiger partial charge is 0.218 e. The molecule has 6 heteroatoms. The van der Waals surface area contributed by atoms with E-state index in [2.05, 4.69) is 15.2 Å². The molecule has 6 nitrogen and oxygen atoms in total. The van der Waals surface area contributed by atoms with Crippen LogP contribution in [0.2, 0.25) is 0 Å². The standard InChI is InChI=1S/C6H11N5O/c1-3-5(4(2)10-9-3)8-6(7)11-12/h12H,1-2H3,(H,9,10)(H3,7,8,11). The highest BCUT2D eigenvalue weighted by Gasteiger charge is 2.04. The van der Waals surface area contributed by atoms with Gasteiger partial charge in [-0.1, -0.05) is 0 Å². The first-order valence-electron chi connectivity index (χ1n) is 3.41. The lowest BCUT2D eigenvalue weighted by atomic mass is 10.3. The van der Waals surface area contributed by atoms with Crippen molar-refractivity contribution in [3.05, 3.63) is 11.4 Å². The summed E-state index contributed by atoms with van der Waals surface area (Å²) >= 11 is 0. The molecule has 1 heterocycles. The van der Waals surface area contributed by atoms with Crippen molar-refractivity contribution < 1.29 is 5.21 Å². The van der Waals surface area contributed by atoms with Crippen molar-refractivity contribution in [2.24, 2.45) is 10.7 Å². The minimum absolute atomic E-state index is 0.0531. The molecule has 0 atom stereocenters. The zero-order valence-electron chi connectivity index (χ0n) is 6.92. The van der Waals surface area contributed by atoms with Gasteiger partial charge in [0.2, 0.25) is 5.96 Å². The van der Waals surface area contributed by atoms with Gasteiger partial charge in [0.25, 0.3) is 0 Å². The number of guanidine groups is 1. The molecular formula is C6H11N5O. The number of aromatic amines is 1. The average Bonchev–Trinajstić information content (AvgIpc) is 2.35. The van der Waals surface area contributed by atoms with Crippen LogP contribution in [0.1, 0.15) is 11.4 Å². The molecule has 0 bridgehead atoms. The first-order chi connectivity index (χ1) is 5.65. The van der Waals surface area contributed by atoms with E-state index in [4.69, 9.17) is 10.9 Å². The highest BCUT2D eigenvalue weighted by Crippen LogP contribution is 2.19. The second kappa shape index (κ2) is 3.22. The van der Waals surface area contributed by atoms with Crippen LogP contribution in [-0.4, -0.2) is 21.4 Å². The molecule has 0 aliphatic heterocycles. The van der Waals surface area contributed by atoms with E-state index in [9.17, 15) is 0 Å². The Kier molecular flexibility index (Phi) is 2.29. The lowest BCUT2D eigenvalue weighted by Crippen LogP contribution is -2.27. The second-order valence-electron chi connectivity index (χ2n) is 2.39. The van der Waals surface area contributed by atoms with Gasteiger partial charge in [-0.2, -0.15) is 5.10 Å². The van der Waals surface area contributed by atoms with Crippen LogP contribution in [0, 0.1) is 13.8 Å². The molecule has 0 unspecified atom stereocenters. The Bertz CT molecular complexity index is 283. The maximum atomic E-state index is 8.38. The first-order valence-corrected chi connectivity index (χ1v) is 3.41. The Labute approximate surface area is 69.5 Å². The van der Waals surface area contributed by atoms with E-state index in [1.165, 1.54) is 0 Å². The van der Waals surface area contributed by atoms with Crippen LogP contribution in [-0.2, 0) is 0 Å². The quantitative estimate of drug-likeness (QED) is 0.269. The summed E-state index contributed by atoms with van der Waals surface area (Å²) in [4.78, 5) is 3.88. The molecular weight excluding hydrogens is 158 g/mol. The first kappa shape index (κ1) is 8.54. The minimum Gasteiger partial charge on any atom is -0.368 e. The Morgan fingerprint density at radius 3 is 2.75 bits per heavy atom. The lowest BCUT2D eigenvalue weighted by molar-refractivity contribution is 0.233. The third-order valence-corrected chi connectivity index (χ3v) is 1.44. The summed E-state index contributed by atoms with van der Waals surface area (Å²) in [5.74, 6) is -0.0531. The maximum absolute atomic E-state index is 8.38. The number of aromatic nitrogens is 2. The largest absolute Gasteiger partial charge is 0.368 e. The van der Waals surface area contributed by atoms with Gasteiger partial charge in [0.1, 0.15) is 5.69 Å². The fourth-order valence-electron chi connectivity index (χ4n) is 0.855. The summed E-state index contributed by atoms with van der Waals surface area (Å²) in [5, 5.41) is 15.0. The van der Waals surface area contributed by atoms with Gasteiger partial charge in [0, 0.05) is 0 Å². The molecule has 1 aromatic heterocycles. The van der Waals surface area contributed by atoms with Gasteiger partial charge in [-0.15, -0.1) is 0 Å². The Morgan fingerprint density at radius 2 is 2.33 bits per heavy atom. The van der Waals surface area contributed by atoms with Gasteiger partial charge in [0.05, 0.1) is 11.4 Å². The number of hydroxylamine groups is 1. The van der Waals surface area contributed by atoms with Crippen LogP contribution in [0.4, 0.5) is 5.69 Å². The Morgan fingerprint density at radius 1 is 1.67 bits per heavy atom. The van der Waals surface area contributed by atoms with Gasteiger partial charge in [-0.3, -0.25) is 10.3 Å². The summed E-state index contributed by atoms with van der Waals surface area (Å²) in [5.41, 5.74) is 9.19. The molecule has 12 heavy (non-hydrogen) atoms. The van der Waals surface area contributed by atoms with Gasteiger partial charge < -0.3 is 5.73 Å². The highest BCUT2D eigenvalue weighted by molar-refractivity contribution is 5.80. The number of H-pyrrole nitrogens is 1. The van der Waals surface area contributed by atoms with Crippen molar-refractivity contribution in [1.82, 2.24) is 15.7 Å². The molecule has 0 amide bonds. The van der Waals surface area contributed by atoms with E-state index in [1.54, 1.807) is 12.4 Å². The van der Waals surface area contributed by atoms with Crippen LogP contribution in [0.15, 0.2) is 4.99 Å². The Hall–Kier alpha value is -1.56. The van der Waals surface area contributed by atoms with Gasteiger partial charge in [0.15, 0.2) is 0 Å². The number of nitrogens with one attached hydrogen (secondary N) is 2. The molecule has 66 valence electrons. The SMILES string of the molecule is Cc1n[nH]c(C)c1N=C(N)NO. The molecule has 0 saturated heterocycles. The normalized spacial score (nSPS) is 11.8. The number of nitrogens with two attached hydrogens (primary N) is 1. The van der Waals surface area contributed by atoms with Crippen molar-refractivity contribution in [2.75, 3.05) is 0 Å². The third-order valence-electron chi connectivity index (χ3n) is 1.44. The van der Waals surface area contributed by atoms with Crippen LogP contribution >= 0.6 is 0 Å². The number of aliphatic imine (C=N–C) groups is 1. The van der Waals surface area contributed by atoms with Crippen molar-refractivity contribution in [3.8, 4) is 0 Å². The van der Waals surface area contributed by atoms with Crippen LogP contribution in [0.25, 0.3) is 0 Å². The number of hydrogen-bond donors (Lipinski definition) is 4. The fraction of sp³-hybridized carbons (Fsp3) is 0.333. The van der Waals surface area contributed by atoms with Gasteiger partial charge in [-0.25, -0.2) is 10.5 Å². The molecule has 1 rings (SSSR count). The molecule has 0 saturated carbocycles. The van der Waals surface area contributed by atoms with E-state index in [0.29, 0.717) is 5.69 Å². The molecule has 5 N–H and O–H groups in total. The summed E-state index contributed by atoms with van der Waals surface area (Å²) in [6, 6.07) is 0. The molecule has 0 fully saturated rings. The molecule has 0 radical (unpaired) electrons. The number of rotatable bonds is 1. The average molecular weight is 169 g/mol. The summed E-state index contributed by atoms with van der Waals surface area (Å²) in [7, 11) is 0. The molecule has 0 aliphatic rings. The van der Waals surface area contributed by atoms with E-state index in [0.717, 1.165) is 11.4 Å². The van der Waals surface area contributed by atoms with Crippen molar-refractivity contribution in [3.63, 3.8) is 0 Å². The Balaban J connectivity index is 3.02. The number of aryl methyl sites for hydroxylation is 2. The maximum Gasteiger partial charge on any atom is 0.218 e. The monoisotopic (exact) mass is 169 g/mol. The topological polar surface area (TPSA) is 99.3 Å². The van der Waals surface area contributed by atoms with Crippen LogP contribution in [0.5, 0.6) is 0 Å². The van der Waals surface area contributed by atoms with Gasteiger partial charge >= 0.3 is 0 Å². The van der Waals surface area contributed by atoms with Crippen molar-refractivity contribution in [1.29, 1.82) is 0 Å². The second-order valence-corrected chi connectivity index (χ2v) is 2.39. The number of hydrogen-bond acceptors (Lipinski definition) is 3. The predicted octanol–water partition coefficient (Wildman–Crippen LogP) is -0.0485. The van der Waals surface area contributed by atoms with Crippen LogP contribution in [0.3, 0.4) is 0 Å². The van der Waals surface area contributed by atoms with Crippen molar-refractivity contribution >= 4 is 11.6 Å². The zero-order chi connectivity index (χ0) is 9.14. The molecule has 0 aromatic carbocycles. The summed E-state index contributed by atoms with van der Waals surface area (Å²) in [6.45, 7) is 3.62. The van der Waals surface area contributed by atoms with E-state index < -0.39 is 0 Å². The molecule has 0 aliphatic carbocycles. The van der Waals surface area contributed by atoms with Crippen LogP contribution < -0.4 is 11.2 Å². The van der Waals surface area contributed by atoms with Gasteiger partial charge in [-0.05, 0) is 13.8 Å². The fourth-order valence-corrected chi connectivity index (χ4v) is 0.855. The third kappa shape index (κ3) is 1.54. The zero-order valence-corrected chi connectivity index (χ0v) is 6.92. The van der Waals surface area contributed by atoms with E-state index in [-0.39, 0.29) is 5.96 Å². The minimum atomic E-state index is -0.0531. The van der Waals surface area contributed by atoms with Crippen molar-refractivity contribution in [2.45, 2.75) is 13.8 Å². The lowest BCUT2D eigenvalue weighted by Gasteiger charge is -1.96. The predicted molar refractivity (Wildman–Crippen MR) is 44.3 cm³/mol.